The van der Waals surface area contributed by atoms with Crippen LogP contribution in [0.15, 0.2) is 24.3 Å². The van der Waals surface area contributed by atoms with Crippen molar-refractivity contribution in [2.45, 2.75) is 32.5 Å². The summed E-state index contributed by atoms with van der Waals surface area (Å²) in [4.78, 5) is 24.9. The quantitative estimate of drug-likeness (QED) is 0.877. The molecule has 3 N–H and O–H groups in total. The van der Waals surface area contributed by atoms with Crippen molar-refractivity contribution >= 4 is 17.8 Å². The second-order valence-electron chi connectivity index (χ2n) is 5.93. The number of ether oxygens (including phenoxy) is 1. The number of benzene rings is 1. The molecule has 0 aliphatic carbocycles. The number of rotatable bonds is 3. The summed E-state index contributed by atoms with van der Waals surface area (Å²) in [5.74, 6) is 0. The number of nitrogens with zero attached hydrogens (tertiary/aromatic N) is 1. The number of anilines is 1. The molecule has 0 saturated carbocycles. The Labute approximate surface area is 137 Å². The van der Waals surface area contributed by atoms with E-state index in [1.807, 2.05) is 0 Å². The molecule has 1 aromatic rings. The second kappa shape index (κ2) is 7.52. The van der Waals surface area contributed by atoms with Crippen molar-refractivity contribution in [3.05, 3.63) is 29.8 Å². The topological polar surface area (TPSA) is 84.7 Å². The van der Waals surface area contributed by atoms with Gasteiger partial charge in [-0.25, -0.2) is 14.5 Å². The summed E-state index contributed by atoms with van der Waals surface area (Å²) in [6.45, 7) is 4.83. The van der Waals surface area contributed by atoms with Crippen LogP contribution in [0.4, 0.5) is 28.4 Å². The van der Waals surface area contributed by atoms with Gasteiger partial charge in [-0.15, -0.1) is 0 Å². The largest absolute Gasteiger partial charge is 0.443 e. The predicted octanol–water partition coefficient (Wildman–Crippen LogP) is 3.43. The van der Waals surface area contributed by atoms with Gasteiger partial charge in [-0.1, -0.05) is 0 Å². The number of hydrogen-bond donors (Lipinski definition) is 2. The fourth-order valence-corrected chi connectivity index (χ4v) is 1.66. The third kappa shape index (κ3) is 6.07. The predicted molar refractivity (Wildman–Crippen MR) is 82.5 cm³/mol. The van der Waals surface area contributed by atoms with Gasteiger partial charge in [-0.05, 0) is 45.0 Å². The number of nitrogens with one attached hydrogen (secondary N) is 1. The molecular formula is C15H20F3N3O3. The van der Waals surface area contributed by atoms with E-state index in [-0.39, 0.29) is 18.8 Å². The smallest absolute Gasteiger partial charge is 0.418 e. The van der Waals surface area contributed by atoms with Gasteiger partial charge in [0.1, 0.15) is 5.60 Å². The lowest BCUT2D eigenvalue weighted by atomic mass is 10.2. The Morgan fingerprint density at radius 2 is 1.71 bits per heavy atom. The Morgan fingerprint density at radius 3 is 2.12 bits per heavy atom. The summed E-state index contributed by atoms with van der Waals surface area (Å²) in [6, 6.07) is 3.01. The summed E-state index contributed by atoms with van der Waals surface area (Å²) < 4.78 is 42.6. The molecule has 134 valence electrons. The van der Waals surface area contributed by atoms with Crippen molar-refractivity contribution in [2.24, 2.45) is 5.73 Å². The highest BCUT2D eigenvalue weighted by atomic mass is 19.4. The van der Waals surface area contributed by atoms with Crippen LogP contribution in [0, 0.1) is 0 Å². The Kier molecular flexibility index (Phi) is 6.19. The molecule has 0 aliphatic heterocycles. The van der Waals surface area contributed by atoms with E-state index in [1.54, 1.807) is 20.8 Å². The summed E-state index contributed by atoms with van der Waals surface area (Å²) in [6.07, 6.45) is -5.36. The molecule has 0 bridgehead atoms. The zero-order valence-corrected chi connectivity index (χ0v) is 13.6. The number of carbonyl (C=O) groups is 2. The van der Waals surface area contributed by atoms with Crippen molar-refractivity contribution in [2.75, 3.05) is 18.4 Å². The molecule has 0 fully saturated rings. The summed E-state index contributed by atoms with van der Waals surface area (Å²) in [5, 5.41) is 2.34. The SMILES string of the molecule is CC(C)(C)OC(=O)N(CCN)C(=O)Nc1ccc(C(F)(F)F)cc1. The molecule has 0 unspecified atom stereocenters. The van der Waals surface area contributed by atoms with Gasteiger partial charge in [0.2, 0.25) is 0 Å². The molecule has 0 radical (unpaired) electrons. The number of carbonyl (C=O) groups excluding carboxylic acids is 2. The average molecular weight is 347 g/mol. The van der Waals surface area contributed by atoms with Crippen molar-refractivity contribution in [3.63, 3.8) is 0 Å². The highest BCUT2D eigenvalue weighted by Crippen LogP contribution is 2.29. The molecule has 6 nitrogen and oxygen atoms in total. The Morgan fingerprint density at radius 1 is 1.17 bits per heavy atom. The van der Waals surface area contributed by atoms with Gasteiger partial charge in [-0.3, -0.25) is 0 Å². The van der Waals surface area contributed by atoms with E-state index in [2.05, 4.69) is 5.32 Å². The summed E-state index contributed by atoms with van der Waals surface area (Å²) in [5.41, 5.74) is 3.84. The minimum atomic E-state index is -4.47. The molecule has 24 heavy (non-hydrogen) atoms. The molecule has 3 amide bonds. The maximum Gasteiger partial charge on any atom is 0.418 e. The third-order valence-corrected chi connectivity index (χ3v) is 2.68. The highest BCUT2D eigenvalue weighted by Gasteiger charge is 2.30. The fraction of sp³-hybridized carbons (Fsp3) is 0.467. The molecule has 1 aromatic carbocycles. The first-order valence-corrected chi connectivity index (χ1v) is 7.13. The third-order valence-electron chi connectivity index (χ3n) is 2.68. The molecule has 9 heteroatoms. The maximum absolute atomic E-state index is 12.5. The van der Waals surface area contributed by atoms with Crippen molar-refractivity contribution in [3.8, 4) is 0 Å². The van der Waals surface area contributed by atoms with Crippen LogP contribution in [0.1, 0.15) is 26.3 Å². The van der Waals surface area contributed by atoms with E-state index >= 15 is 0 Å². The lowest BCUT2D eigenvalue weighted by Crippen LogP contribution is -2.45. The first kappa shape index (κ1) is 19.8. The standard InChI is InChI=1S/C15H20F3N3O3/c1-14(2,3)24-13(23)21(9-8-19)12(22)20-11-6-4-10(5-7-11)15(16,17)18/h4-7H,8-9,19H2,1-3H3,(H,20,22). The van der Waals surface area contributed by atoms with Crippen molar-refractivity contribution in [1.82, 2.24) is 4.90 Å². The van der Waals surface area contributed by atoms with Gasteiger partial charge in [0.15, 0.2) is 0 Å². The first-order valence-electron chi connectivity index (χ1n) is 7.13. The van der Waals surface area contributed by atoms with Gasteiger partial charge in [0, 0.05) is 18.8 Å². The van der Waals surface area contributed by atoms with E-state index in [0.717, 1.165) is 29.2 Å². The average Bonchev–Trinajstić information content (AvgIpc) is 2.42. The monoisotopic (exact) mass is 347 g/mol. The molecule has 0 spiro atoms. The van der Waals surface area contributed by atoms with Crippen LogP contribution in [0.2, 0.25) is 0 Å². The number of hydrogen-bond acceptors (Lipinski definition) is 4. The van der Waals surface area contributed by atoms with Crippen LogP contribution < -0.4 is 11.1 Å². The minimum absolute atomic E-state index is 0.0136. The number of imide groups is 1. The zero-order valence-electron chi connectivity index (χ0n) is 13.6. The fourth-order valence-electron chi connectivity index (χ4n) is 1.66. The number of halogens is 3. The lowest BCUT2D eigenvalue weighted by molar-refractivity contribution is -0.137. The van der Waals surface area contributed by atoms with Gasteiger partial charge < -0.3 is 15.8 Å². The van der Waals surface area contributed by atoms with E-state index in [4.69, 9.17) is 10.5 Å². The van der Waals surface area contributed by atoms with E-state index in [9.17, 15) is 22.8 Å². The highest BCUT2D eigenvalue weighted by molar-refractivity contribution is 5.99. The van der Waals surface area contributed by atoms with Gasteiger partial charge in [0.05, 0.1) is 5.56 Å². The molecule has 1 rings (SSSR count). The number of nitrogens with two attached hydrogens (primary N) is 1. The van der Waals surface area contributed by atoms with Crippen LogP contribution in [0.25, 0.3) is 0 Å². The molecular weight excluding hydrogens is 327 g/mol. The molecule has 0 heterocycles. The number of amides is 3. The Balaban J connectivity index is 2.83. The normalized spacial score (nSPS) is 11.8. The summed E-state index contributed by atoms with van der Waals surface area (Å²) >= 11 is 0. The molecule has 0 atom stereocenters. The van der Waals surface area contributed by atoms with Gasteiger partial charge in [0.25, 0.3) is 0 Å². The molecule has 0 saturated heterocycles. The minimum Gasteiger partial charge on any atom is -0.443 e. The van der Waals surface area contributed by atoms with Gasteiger partial charge in [-0.2, -0.15) is 13.2 Å². The van der Waals surface area contributed by atoms with Crippen LogP contribution >= 0.6 is 0 Å². The van der Waals surface area contributed by atoms with E-state index < -0.39 is 29.5 Å². The molecule has 0 aromatic heterocycles. The Bertz CT molecular complexity index is 580. The Hall–Kier alpha value is -2.29. The van der Waals surface area contributed by atoms with Crippen LogP contribution in [0.3, 0.4) is 0 Å². The number of urea groups is 1. The lowest BCUT2D eigenvalue weighted by Gasteiger charge is -2.26. The van der Waals surface area contributed by atoms with Crippen LogP contribution in [-0.4, -0.2) is 35.7 Å². The van der Waals surface area contributed by atoms with E-state index in [1.165, 1.54) is 0 Å². The van der Waals surface area contributed by atoms with Crippen LogP contribution in [0.5, 0.6) is 0 Å². The molecule has 0 aliphatic rings. The van der Waals surface area contributed by atoms with Crippen molar-refractivity contribution < 1.29 is 27.5 Å². The maximum atomic E-state index is 12.5. The number of alkyl halides is 3. The second-order valence-corrected chi connectivity index (χ2v) is 5.93. The van der Waals surface area contributed by atoms with E-state index in [0.29, 0.717) is 0 Å². The first-order chi connectivity index (χ1) is 10.9. The zero-order chi connectivity index (χ0) is 18.5. The summed E-state index contributed by atoms with van der Waals surface area (Å²) in [7, 11) is 0. The van der Waals surface area contributed by atoms with Crippen molar-refractivity contribution in [1.29, 1.82) is 0 Å². The van der Waals surface area contributed by atoms with Crippen LogP contribution in [-0.2, 0) is 10.9 Å². The van der Waals surface area contributed by atoms with Gasteiger partial charge >= 0.3 is 18.3 Å².